The summed E-state index contributed by atoms with van der Waals surface area (Å²) in [6, 6.07) is 0. The molecule has 0 saturated carbocycles. The van der Waals surface area contributed by atoms with Gasteiger partial charge in [0.25, 0.3) is 10.1 Å². The molecule has 0 aliphatic rings. The van der Waals surface area contributed by atoms with Crippen LogP contribution in [0.3, 0.4) is 0 Å². The topological polar surface area (TPSA) is 144 Å². The van der Waals surface area contributed by atoms with E-state index in [4.69, 9.17) is 19.9 Å². The minimum atomic E-state index is -4.38. The van der Waals surface area contributed by atoms with Crippen LogP contribution in [0.5, 0.6) is 0 Å². The van der Waals surface area contributed by atoms with Crippen molar-refractivity contribution in [2.45, 2.75) is 31.6 Å². The van der Waals surface area contributed by atoms with Gasteiger partial charge >= 0.3 is 5.97 Å². The molecule has 0 amide bonds. The lowest BCUT2D eigenvalue weighted by Gasteiger charge is -2.29. The Morgan fingerprint density at radius 3 is 2.00 bits per heavy atom. The van der Waals surface area contributed by atoms with Gasteiger partial charge < -0.3 is 15.3 Å². The molecule has 0 rings (SSSR count). The van der Waals surface area contributed by atoms with Gasteiger partial charge in [-0.2, -0.15) is 8.42 Å². The summed E-state index contributed by atoms with van der Waals surface area (Å²) in [6.45, 7) is 5.35. The maximum atomic E-state index is 11.0. The van der Waals surface area contributed by atoms with E-state index in [1.807, 2.05) is 0 Å². The summed E-state index contributed by atoms with van der Waals surface area (Å²) >= 11 is 0. The number of hydrogen-bond acceptors (Lipinski definition) is 6. The average molecular weight is 313 g/mol. The van der Waals surface area contributed by atoms with Crippen molar-refractivity contribution in [1.29, 1.82) is 0 Å². The molecule has 20 heavy (non-hydrogen) atoms. The number of carboxylic acids is 1. The lowest BCUT2D eigenvalue weighted by molar-refractivity contribution is -0.132. The van der Waals surface area contributed by atoms with Crippen molar-refractivity contribution in [3.63, 3.8) is 0 Å². The van der Waals surface area contributed by atoms with Crippen LogP contribution in [-0.2, 0) is 14.9 Å². The Morgan fingerprint density at radius 2 is 1.80 bits per heavy atom. The van der Waals surface area contributed by atoms with E-state index in [1.165, 1.54) is 6.92 Å². The van der Waals surface area contributed by atoms with Crippen LogP contribution in [-0.4, -0.2) is 58.9 Å². The molecule has 9 heteroatoms. The van der Waals surface area contributed by atoms with Gasteiger partial charge in [-0.3, -0.25) is 9.87 Å². The largest absolute Gasteiger partial charge is 0.478 e. The fourth-order valence-corrected chi connectivity index (χ4v) is 2.12. The van der Waals surface area contributed by atoms with Crippen LogP contribution in [0, 0.1) is 0 Å². The molecule has 0 aromatic rings. The van der Waals surface area contributed by atoms with Gasteiger partial charge in [0.2, 0.25) is 0 Å². The van der Waals surface area contributed by atoms with Gasteiger partial charge in [0.05, 0.1) is 13.2 Å². The van der Waals surface area contributed by atoms with Crippen LogP contribution < -0.4 is 5.32 Å². The van der Waals surface area contributed by atoms with Crippen LogP contribution in [0.4, 0.5) is 0 Å². The van der Waals surface area contributed by atoms with Crippen molar-refractivity contribution in [2.75, 3.05) is 19.8 Å². The maximum absolute atomic E-state index is 11.0. The molecule has 0 aliphatic heterocycles. The van der Waals surface area contributed by atoms with E-state index < -0.39 is 27.6 Å². The smallest absolute Gasteiger partial charge is 0.330 e. The molecule has 0 bridgehead atoms. The van der Waals surface area contributed by atoms with Crippen LogP contribution >= 0.6 is 0 Å². The number of rotatable bonds is 8. The number of aliphatic carboxylic acids is 1. The first-order chi connectivity index (χ1) is 9.07. The summed E-state index contributed by atoms with van der Waals surface area (Å²) in [4.78, 5) is 7.85. The second-order valence-corrected chi connectivity index (χ2v) is 5.84. The highest BCUT2D eigenvalue weighted by molar-refractivity contribution is 7.87. The number of carbonyl (C=O) groups is 1. The highest BCUT2D eigenvalue weighted by Crippen LogP contribution is 2.18. The second-order valence-electron chi connectivity index (χ2n) is 4.11. The van der Waals surface area contributed by atoms with Crippen LogP contribution in [0.1, 0.15) is 26.7 Å². The van der Waals surface area contributed by atoms with Gasteiger partial charge in [-0.05, 0) is 13.3 Å². The number of nitrogens with one attached hydrogen (secondary N) is 1. The maximum Gasteiger partial charge on any atom is 0.330 e. The zero-order valence-corrected chi connectivity index (χ0v) is 12.5. The van der Waals surface area contributed by atoms with Gasteiger partial charge in [0.15, 0.2) is 4.87 Å². The Bertz CT molecular complexity index is 395. The Hall–Kier alpha value is -1.00. The van der Waals surface area contributed by atoms with Crippen molar-refractivity contribution < 1.29 is 33.1 Å². The van der Waals surface area contributed by atoms with Gasteiger partial charge in [0.1, 0.15) is 0 Å². The number of hydrogen-bond donors (Lipinski definition) is 5. The Morgan fingerprint density at radius 1 is 1.35 bits per heavy atom. The summed E-state index contributed by atoms with van der Waals surface area (Å²) in [7, 11) is -4.38. The molecule has 1 unspecified atom stereocenters. The third-order valence-electron chi connectivity index (χ3n) is 2.33. The van der Waals surface area contributed by atoms with E-state index in [9.17, 15) is 13.2 Å². The van der Waals surface area contributed by atoms with Crippen LogP contribution in [0.15, 0.2) is 12.2 Å². The van der Waals surface area contributed by atoms with Crippen molar-refractivity contribution in [3.05, 3.63) is 12.2 Å². The SMILES string of the molecule is C=C(C)C(=O)O.CCCC(CO)(NCCO)S(=O)(=O)O. The van der Waals surface area contributed by atoms with Gasteiger partial charge in [0, 0.05) is 12.1 Å². The summed E-state index contributed by atoms with van der Waals surface area (Å²) < 4.78 is 31.0. The summed E-state index contributed by atoms with van der Waals surface area (Å²) in [5.74, 6) is -0.935. The molecule has 0 aromatic carbocycles. The minimum absolute atomic E-state index is 0.000347. The fraction of sp³-hybridized carbons (Fsp3) is 0.727. The predicted octanol–water partition coefficient (Wildman–Crippen LogP) is -0.408. The lowest BCUT2D eigenvalue weighted by atomic mass is 10.1. The monoisotopic (exact) mass is 313 g/mol. The predicted molar refractivity (Wildman–Crippen MR) is 73.8 cm³/mol. The molecule has 0 saturated heterocycles. The molecule has 0 heterocycles. The molecule has 5 N–H and O–H groups in total. The van der Waals surface area contributed by atoms with E-state index in [-0.39, 0.29) is 25.1 Å². The molecule has 120 valence electrons. The number of aliphatic hydroxyl groups is 2. The number of carboxylic acid groups (broad SMARTS) is 1. The molecule has 1 atom stereocenters. The molecule has 0 aromatic heterocycles. The molecule has 8 nitrogen and oxygen atoms in total. The molecule has 0 spiro atoms. The summed E-state index contributed by atoms with van der Waals surface area (Å²) in [5, 5.41) is 27.9. The Kier molecular flexibility index (Phi) is 10.5. The first-order valence-corrected chi connectivity index (χ1v) is 7.34. The van der Waals surface area contributed by atoms with Crippen molar-refractivity contribution in [2.24, 2.45) is 0 Å². The van der Waals surface area contributed by atoms with Gasteiger partial charge in [-0.25, -0.2) is 4.79 Å². The van der Waals surface area contributed by atoms with E-state index in [0.717, 1.165) is 0 Å². The summed E-state index contributed by atoms with van der Waals surface area (Å²) in [5.41, 5.74) is 0.176. The summed E-state index contributed by atoms with van der Waals surface area (Å²) in [6.07, 6.45) is 0.571. The normalized spacial score (nSPS) is 13.8. The molecular weight excluding hydrogens is 290 g/mol. The minimum Gasteiger partial charge on any atom is -0.478 e. The van der Waals surface area contributed by atoms with Crippen molar-refractivity contribution in [1.82, 2.24) is 5.32 Å². The van der Waals surface area contributed by atoms with Crippen molar-refractivity contribution >= 4 is 16.1 Å². The highest BCUT2D eigenvalue weighted by atomic mass is 32.2. The van der Waals surface area contributed by atoms with E-state index >= 15 is 0 Å². The fourth-order valence-electron chi connectivity index (χ4n) is 1.21. The third kappa shape index (κ3) is 7.56. The molecular formula is C11H23NO7S. The Labute approximate surface area is 118 Å². The first kappa shape index (κ1) is 21.3. The van der Waals surface area contributed by atoms with Gasteiger partial charge in [-0.1, -0.05) is 19.9 Å². The second kappa shape index (κ2) is 9.83. The first-order valence-electron chi connectivity index (χ1n) is 5.90. The quantitative estimate of drug-likeness (QED) is 0.300. The molecule has 0 fully saturated rings. The highest BCUT2D eigenvalue weighted by Gasteiger charge is 2.40. The lowest BCUT2D eigenvalue weighted by Crippen LogP contribution is -2.55. The van der Waals surface area contributed by atoms with E-state index in [0.29, 0.717) is 6.42 Å². The molecule has 0 radical (unpaired) electrons. The van der Waals surface area contributed by atoms with E-state index in [2.05, 4.69) is 11.9 Å². The van der Waals surface area contributed by atoms with Crippen molar-refractivity contribution in [3.8, 4) is 0 Å². The third-order valence-corrected chi connectivity index (χ3v) is 3.79. The van der Waals surface area contributed by atoms with Gasteiger partial charge in [-0.15, -0.1) is 0 Å². The number of aliphatic hydroxyl groups excluding tert-OH is 2. The zero-order valence-electron chi connectivity index (χ0n) is 11.7. The van der Waals surface area contributed by atoms with Crippen LogP contribution in [0.2, 0.25) is 0 Å². The standard InChI is InChI=1S/C7H17NO5S.C4H6O2/c1-2-3-7(6-10,8-4-5-9)14(11,12)13;1-3(2)4(5)6/h8-10H,2-6H2,1H3,(H,11,12,13);1H2,2H3,(H,5,6). The average Bonchev–Trinajstić information content (AvgIpc) is 2.33. The Balaban J connectivity index is 0. The van der Waals surface area contributed by atoms with Crippen LogP contribution in [0.25, 0.3) is 0 Å². The van der Waals surface area contributed by atoms with E-state index in [1.54, 1.807) is 6.92 Å². The zero-order chi connectivity index (χ0) is 16.4. The molecule has 0 aliphatic carbocycles.